The first-order chi connectivity index (χ1) is 8.64. The number of aliphatic imine (C=N–C) groups is 1. The van der Waals surface area contributed by atoms with E-state index in [1.165, 1.54) is 5.57 Å². The summed E-state index contributed by atoms with van der Waals surface area (Å²) in [7, 11) is 0. The molecule has 4 rings (SSSR count). The predicted molar refractivity (Wildman–Crippen MR) is 76.2 cm³/mol. The molecule has 1 heterocycles. The van der Waals surface area contributed by atoms with Crippen LogP contribution in [0.25, 0.3) is 0 Å². The summed E-state index contributed by atoms with van der Waals surface area (Å²) in [6, 6.07) is 0. The Morgan fingerprint density at radius 3 is 2.53 bits per heavy atom. The average Bonchev–Trinajstić information content (AvgIpc) is 2.54. The van der Waals surface area contributed by atoms with Crippen molar-refractivity contribution in [3.8, 4) is 0 Å². The zero-order valence-corrected chi connectivity index (χ0v) is 12.7. The summed E-state index contributed by atoms with van der Waals surface area (Å²) in [6.07, 6.45) is 3.69. The molecule has 0 spiro atoms. The smallest absolute Gasteiger partial charge is 0.187 e. The van der Waals surface area contributed by atoms with Crippen molar-refractivity contribution >= 4 is 5.90 Å². The number of ether oxygens (including phenoxy) is 1. The van der Waals surface area contributed by atoms with E-state index in [4.69, 9.17) is 4.74 Å². The number of rotatable bonds is 2. The van der Waals surface area contributed by atoms with Gasteiger partial charge in [-0.2, -0.15) is 0 Å². The minimum Gasteiger partial charge on any atom is -0.478 e. The molecule has 0 aromatic carbocycles. The lowest BCUT2D eigenvalue weighted by Gasteiger charge is -2.62. The van der Waals surface area contributed by atoms with Crippen LogP contribution in [-0.4, -0.2) is 28.8 Å². The van der Waals surface area contributed by atoms with Crippen molar-refractivity contribution in [1.82, 2.24) is 0 Å². The molecule has 106 valence electrons. The molecule has 19 heavy (non-hydrogen) atoms. The molecular weight excluding hydrogens is 238 g/mol. The fourth-order valence-corrected chi connectivity index (χ4v) is 4.31. The van der Waals surface area contributed by atoms with E-state index in [-0.39, 0.29) is 11.0 Å². The Hall–Kier alpha value is -0.830. The quantitative estimate of drug-likeness (QED) is 0.778. The van der Waals surface area contributed by atoms with Gasteiger partial charge in [0.1, 0.15) is 6.61 Å². The number of fused-ring (bicyclic) bond motifs is 1. The second kappa shape index (κ2) is 3.63. The molecule has 3 atom stereocenters. The fourth-order valence-electron chi connectivity index (χ4n) is 4.31. The van der Waals surface area contributed by atoms with Gasteiger partial charge in [0.2, 0.25) is 0 Å². The average molecular weight is 263 g/mol. The van der Waals surface area contributed by atoms with Crippen molar-refractivity contribution < 1.29 is 9.84 Å². The van der Waals surface area contributed by atoms with Gasteiger partial charge in [0.25, 0.3) is 0 Å². The summed E-state index contributed by atoms with van der Waals surface area (Å²) in [4.78, 5) is 4.59. The van der Waals surface area contributed by atoms with Crippen LogP contribution >= 0.6 is 0 Å². The first-order valence-corrected chi connectivity index (χ1v) is 7.27. The molecule has 0 saturated heterocycles. The molecule has 0 aromatic rings. The third-order valence-corrected chi connectivity index (χ3v) is 5.35. The first kappa shape index (κ1) is 13.2. The highest BCUT2D eigenvalue weighted by atomic mass is 16.5. The first-order valence-electron chi connectivity index (χ1n) is 7.27. The summed E-state index contributed by atoms with van der Waals surface area (Å²) < 4.78 is 5.67. The molecule has 0 aromatic heterocycles. The van der Waals surface area contributed by atoms with Gasteiger partial charge in [-0.1, -0.05) is 25.5 Å². The minimum absolute atomic E-state index is 0.142. The summed E-state index contributed by atoms with van der Waals surface area (Å²) in [6.45, 7) is 11.4. The van der Waals surface area contributed by atoms with Crippen molar-refractivity contribution in [2.75, 3.05) is 6.61 Å². The van der Waals surface area contributed by atoms with E-state index in [2.05, 4.69) is 45.7 Å². The zero-order chi connectivity index (χ0) is 14.1. The Labute approximate surface area is 115 Å². The molecule has 1 aliphatic heterocycles. The number of hydrogen-bond acceptors (Lipinski definition) is 3. The van der Waals surface area contributed by atoms with Crippen molar-refractivity contribution in [2.45, 2.75) is 58.6 Å². The molecule has 1 fully saturated rings. The van der Waals surface area contributed by atoms with Gasteiger partial charge < -0.3 is 9.84 Å². The van der Waals surface area contributed by atoms with Crippen molar-refractivity contribution in [3.63, 3.8) is 0 Å². The maximum absolute atomic E-state index is 11.1. The second-order valence-corrected chi connectivity index (χ2v) is 7.83. The van der Waals surface area contributed by atoms with Crippen LogP contribution in [0, 0.1) is 17.3 Å². The molecule has 3 aliphatic carbocycles. The minimum atomic E-state index is -0.776. The zero-order valence-electron chi connectivity index (χ0n) is 12.7. The van der Waals surface area contributed by atoms with Gasteiger partial charge >= 0.3 is 0 Å². The number of aliphatic hydroxyl groups is 1. The van der Waals surface area contributed by atoms with Gasteiger partial charge in [-0.05, 0) is 44.4 Å². The standard InChI is InChI=1S/C16H25NO2/c1-10-7-16(18,12-6-11(10)15(12,4)5)8-13-17-14(2,3)9-19-13/h7,11-12,18H,6,8-9H2,1-5H3/t11-,12-,16?/m1/s1. The van der Waals surface area contributed by atoms with E-state index in [9.17, 15) is 5.11 Å². The largest absolute Gasteiger partial charge is 0.478 e. The normalized spacial score (nSPS) is 42.0. The lowest BCUT2D eigenvalue weighted by Crippen LogP contribution is -2.60. The molecule has 0 amide bonds. The summed E-state index contributed by atoms with van der Waals surface area (Å²) in [5, 5.41) is 11.1. The van der Waals surface area contributed by atoms with E-state index in [0.717, 1.165) is 12.3 Å². The van der Waals surface area contributed by atoms with Gasteiger partial charge in [-0.3, -0.25) is 0 Å². The van der Waals surface area contributed by atoms with E-state index in [1.807, 2.05) is 0 Å². The molecule has 1 N–H and O–H groups in total. The number of nitrogens with zero attached hydrogens (tertiary/aromatic N) is 1. The molecule has 2 bridgehead atoms. The van der Waals surface area contributed by atoms with Gasteiger partial charge in [0.05, 0.1) is 17.6 Å². The maximum atomic E-state index is 11.1. The highest BCUT2D eigenvalue weighted by molar-refractivity contribution is 5.79. The maximum Gasteiger partial charge on any atom is 0.187 e. The Kier molecular flexibility index (Phi) is 2.52. The van der Waals surface area contributed by atoms with Crippen LogP contribution in [-0.2, 0) is 4.74 Å². The third kappa shape index (κ3) is 1.85. The highest BCUT2D eigenvalue weighted by Crippen LogP contribution is 2.63. The molecule has 3 heteroatoms. The van der Waals surface area contributed by atoms with E-state index in [1.54, 1.807) is 0 Å². The van der Waals surface area contributed by atoms with Crippen LogP contribution in [0.5, 0.6) is 0 Å². The molecule has 3 nitrogen and oxygen atoms in total. The van der Waals surface area contributed by atoms with Crippen molar-refractivity contribution in [2.24, 2.45) is 22.2 Å². The summed E-state index contributed by atoms with van der Waals surface area (Å²) in [5.74, 6) is 1.68. The Bertz CT molecular complexity index is 475. The lowest BCUT2D eigenvalue weighted by atomic mass is 9.44. The molecular formula is C16H25NO2. The molecule has 0 radical (unpaired) electrons. The van der Waals surface area contributed by atoms with Crippen LogP contribution in [0.3, 0.4) is 0 Å². The molecule has 1 saturated carbocycles. The van der Waals surface area contributed by atoms with Gasteiger partial charge in [0, 0.05) is 0 Å². The van der Waals surface area contributed by atoms with Gasteiger partial charge in [-0.15, -0.1) is 0 Å². The summed E-state index contributed by atoms with van der Waals surface area (Å²) >= 11 is 0. The SMILES string of the molecule is CC1=CC(O)(CC2=NC(C)(C)CO2)[C@@H]2C[C@H]1C2(C)C. The van der Waals surface area contributed by atoms with Gasteiger partial charge in [-0.25, -0.2) is 4.99 Å². The Morgan fingerprint density at radius 2 is 2.05 bits per heavy atom. The third-order valence-electron chi connectivity index (χ3n) is 5.35. The van der Waals surface area contributed by atoms with Crippen LogP contribution in [0.2, 0.25) is 0 Å². The number of allylic oxidation sites excluding steroid dienone is 1. The van der Waals surface area contributed by atoms with Crippen LogP contribution < -0.4 is 0 Å². The topological polar surface area (TPSA) is 41.8 Å². The monoisotopic (exact) mass is 263 g/mol. The van der Waals surface area contributed by atoms with Gasteiger partial charge in [0.15, 0.2) is 5.90 Å². The van der Waals surface area contributed by atoms with Crippen LogP contribution in [0.15, 0.2) is 16.6 Å². The Morgan fingerprint density at radius 1 is 1.37 bits per heavy atom. The molecule has 4 aliphatic rings. The van der Waals surface area contributed by atoms with E-state index >= 15 is 0 Å². The predicted octanol–water partition coefficient (Wildman–Crippen LogP) is 2.94. The summed E-state index contributed by atoms with van der Waals surface area (Å²) in [5.41, 5.74) is 0.605. The van der Waals surface area contributed by atoms with Crippen LogP contribution in [0.1, 0.15) is 47.5 Å². The highest BCUT2D eigenvalue weighted by Gasteiger charge is 2.60. The Balaban J connectivity index is 1.87. The van der Waals surface area contributed by atoms with Crippen LogP contribution in [0.4, 0.5) is 0 Å². The van der Waals surface area contributed by atoms with E-state index in [0.29, 0.717) is 24.9 Å². The van der Waals surface area contributed by atoms with Crippen molar-refractivity contribution in [3.05, 3.63) is 11.6 Å². The second-order valence-electron chi connectivity index (χ2n) is 7.83. The molecule has 1 unspecified atom stereocenters. The fraction of sp³-hybridized carbons (Fsp3) is 0.812. The number of hydrogen-bond donors (Lipinski definition) is 1. The lowest BCUT2D eigenvalue weighted by molar-refractivity contribution is -0.134. The van der Waals surface area contributed by atoms with E-state index < -0.39 is 5.60 Å². The van der Waals surface area contributed by atoms with Crippen molar-refractivity contribution in [1.29, 1.82) is 0 Å².